The summed E-state index contributed by atoms with van der Waals surface area (Å²) in [5, 5.41) is 8.80. The molecule has 2 aliphatic rings. The van der Waals surface area contributed by atoms with Crippen molar-refractivity contribution in [1.82, 2.24) is 24.6 Å². The molecule has 0 aromatic carbocycles. The summed E-state index contributed by atoms with van der Waals surface area (Å²) in [6, 6.07) is 1.12. The smallest absolute Gasteiger partial charge is 0.183 e. The number of hydrogen-bond acceptors (Lipinski definition) is 4. The lowest BCUT2D eigenvalue weighted by Crippen LogP contribution is -2.41. The fraction of sp³-hybridized carbons (Fsp3) is 0.643. The third-order valence-electron chi connectivity index (χ3n) is 4.83. The molecule has 4 rings (SSSR count). The van der Waals surface area contributed by atoms with Crippen molar-refractivity contribution in [2.24, 2.45) is 0 Å². The number of aromatic nitrogens is 4. The van der Waals surface area contributed by atoms with Crippen LogP contribution in [0.5, 0.6) is 0 Å². The number of halogens is 1. The number of imidazole rings is 1. The van der Waals surface area contributed by atoms with Gasteiger partial charge in [-0.15, -0.1) is 10.2 Å². The first-order valence-corrected chi connectivity index (χ1v) is 7.73. The Bertz CT molecular complexity index is 652. The summed E-state index contributed by atoms with van der Waals surface area (Å²) in [6.45, 7) is 4.44. The highest BCUT2D eigenvalue weighted by Crippen LogP contribution is 2.36. The highest BCUT2D eigenvalue weighted by atomic mass is 35.5. The average molecular weight is 292 g/mol. The fourth-order valence-electron chi connectivity index (χ4n) is 3.81. The zero-order chi connectivity index (χ0) is 13.7. The van der Waals surface area contributed by atoms with Crippen LogP contribution in [-0.4, -0.2) is 43.8 Å². The van der Waals surface area contributed by atoms with E-state index in [4.69, 9.17) is 11.6 Å². The van der Waals surface area contributed by atoms with Crippen molar-refractivity contribution in [3.63, 3.8) is 0 Å². The highest BCUT2D eigenvalue weighted by molar-refractivity contribution is 6.30. The second kappa shape index (κ2) is 4.67. The summed E-state index contributed by atoms with van der Waals surface area (Å²) in [7, 11) is 0. The molecule has 0 bridgehead atoms. The van der Waals surface area contributed by atoms with Crippen molar-refractivity contribution >= 4 is 22.8 Å². The van der Waals surface area contributed by atoms with Crippen molar-refractivity contribution in [2.45, 2.75) is 44.7 Å². The highest BCUT2D eigenvalue weighted by Gasteiger charge is 2.36. The topological polar surface area (TPSA) is 46.8 Å². The quantitative estimate of drug-likeness (QED) is 0.810. The largest absolute Gasteiger partial charge is 0.309 e. The van der Waals surface area contributed by atoms with E-state index in [1.807, 2.05) is 13.3 Å². The van der Waals surface area contributed by atoms with E-state index >= 15 is 0 Å². The number of hydrogen-bond donors (Lipinski definition) is 0. The number of nitrogens with zero attached hydrogens (tertiary/aromatic N) is 5. The van der Waals surface area contributed by atoms with Gasteiger partial charge in [0.25, 0.3) is 0 Å². The summed E-state index contributed by atoms with van der Waals surface area (Å²) >= 11 is 6.04. The summed E-state index contributed by atoms with van der Waals surface area (Å²) in [4.78, 5) is 7.15. The van der Waals surface area contributed by atoms with E-state index in [9.17, 15) is 0 Å². The first-order valence-electron chi connectivity index (χ1n) is 7.35. The summed E-state index contributed by atoms with van der Waals surface area (Å²) < 4.78 is 2.23. The van der Waals surface area contributed by atoms with Crippen LogP contribution in [0.15, 0.2) is 6.33 Å². The van der Waals surface area contributed by atoms with E-state index in [0.29, 0.717) is 17.2 Å². The molecule has 4 heterocycles. The molecule has 106 valence electrons. The molecule has 5 nitrogen and oxygen atoms in total. The van der Waals surface area contributed by atoms with E-state index in [2.05, 4.69) is 24.6 Å². The molecule has 2 saturated heterocycles. The van der Waals surface area contributed by atoms with Crippen LogP contribution in [0.4, 0.5) is 0 Å². The Kier molecular flexibility index (Phi) is 2.93. The molecular formula is C14H18ClN5. The minimum Gasteiger partial charge on any atom is -0.309 e. The van der Waals surface area contributed by atoms with Gasteiger partial charge in [0.15, 0.2) is 10.8 Å². The molecule has 2 fully saturated rings. The molecule has 0 saturated carbocycles. The monoisotopic (exact) mass is 291 g/mol. The summed E-state index contributed by atoms with van der Waals surface area (Å²) in [5.41, 5.74) is 2.69. The van der Waals surface area contributed by atoms with Gasteiger partial charge in [0, 0.05) is 11.6 Å². The van der Waals surface area contributed by atoms with Crippen molar-refractivity contribution in [1.29, 1.82) is 0 Å². The Morgan fingerprint density at radius 3 is 2.70 bits per heavy atom. The summed E-state index contributed by atoms with van der Waals surface area (Å²) in [5.74, 6) is 0. The Morgan fingerprint density at radius 2 is 1.90 bits per heavy atom. The van der Waals surface area contributed by atoms with Gasteiger partial charge in [-0.2, -0.15) is 0 Å². The van der Waals surface area contributed by atoms with Crippen LogP contribution in [0, 0.1) is 6.92 Å². The number of fused-ring (bicyclic) bond motifs is 2. The van der Waals surface area contributed by atoms with Crippen LogP contribution in [-0.2, 0) is 0 Å². The zero-order valence-corrected chi connectivity index (χ0v) is 12.3. The molecule has 6 heteroatoms. The maximum Gasteiger partial charge on any atom is 0.183 e. The van der Waals surface area contributed by atoms with Crippen molar-refractivity contribution in [2.75, 3.05) is 13.1 Å². The van der Waals surface area contributed by atoms with E-state index in [0.717, 1.165) is 16.7 Å². The Labute approximate surface area is 122 Å². The van der Waals surface area contributed by atoms with Crippen molar-refractivity contribution in [3.05, 3.63) is 17.0 Å². The molecule has 0 N–H and O–H groups in total. The first kappa shape index (κ1) is 12.5. The summed E-state index contributed by atoms with van der Waals surface area (Å²) in [6.07, 6.45) is 6.97. The Hall–Kier alpha value is -1.20. The van der Waals surface area contributed by atoms with Gasteiger partial charge < -0.3 is 4.57 Å². The van der Waals surface area contributed by atoms with Gasteiger partial charge in [0.05, 0.1) is 12.4 Å². The van der Waals surface area contributed by atoms with Crippen LogP contribution >= 0.6 is 11.6 Å². The molecule has 0 aliphatic carbocycles. The zero-order valence-electron chi connectivity index (χ0n) is 11.6. The number of piperidine rings is 1. The van der Waals surface area contributed by atoms with Gasteiger partial charge in [-0.3, -0.25) is 4.90 Å². The average Bonchev–Trinajstić information content (AvgIpc) is 3.09. The lowest BCUT2D eigenvalue weighted by Gasteiger charge is -2.37. The molecule has 0 radical (unpaired) electrons. The lowest BCUT2D eigenvalue weighted by atomic mass is 9.96. The normalized spacial score (nSPS) is 27.1. The Balaban J connectivity index is 1.80. The first-order chi connectivity index (χ1) is 9.75. The molecule has 2 aromatic rings. The second-order valence-electron chi connectivity index (χ2n) is 5.89. The standard InChI is InChI=1S/C14H18ClN5/c1-9-12-14(18-17-13(9)15)20(8-16-12)11-5-3-7-19-6-2-4-10(11)19/h8,10-11H,2-7H2,1H3/t10-,11+/m0/s1. The van der Waals surface area contributed by atoms with E-state index < -0.39 is 0 Å². The number of aryl methyl sites for hydroxylation is 1. The minimum absolute atomic E-state index is 0.453. The maximum atomic E-state index is 6.04. The molecule has 2 aromatic heterocycles. The maximum absolute atomic E-state index is 6.04. The van der Waals surface area contributed by atoms with Crippen molar-refractivity contribution < 1.29 is 0 Å². The van der Waals surface area contributed by atoms with Crippen LogP contribution in [0.3, 0.4) is 0 Å². The van der Waals surface area contributed by atoms with Gasteiger partial charge in [-0.05, 0) is 45.7 Å². The molecule has 0 unspecified atom stereocenters. The predicted molar refractivity (Wildman–Crippen MR) is 77.9 cm³/mol. The number of rotatable bonds is 1. The fourth-order valence-corrected chi connectivity index (χ4v) is 3.94. The second-order valence-corrected chi connectivity index (χ2v) is 6.25. The van der Waals surface area contributed by atoms with Crippen molar-refractivity contribution in [3.8, 4) is 0 Å². The molecule has 0 spiro atoms. The molecule has 20 heavy (non-hydrogen) atoms. The molecule has 0 amide bonds. The Morgan fingerprint density at radius 1 is 1.15 bits per heavy atom. The predicted octanol–water partition coefficient (Wildman–Crippen LogP) is 2.59. The SMILES string of the molecule is Cc1c(Cl)nnc2c1ncn2[C@@H]1CCCN2CCC[C@@H]12. The van der Waals surface area contributed by atoms with E-state index in [1.54, 1.807) is 0 Å². The molecule has 2 atom stereocenters. The third kappa shape index (κ3) is 1.76. The van der Waals surface area contributed by atoms with Crippen LogP contribution in [0.1, 0.15) is 37.3 Å². The van der Waals surface area contributed by atoms with Gasteiger partial charge in [-0.1, -0.05) is 11.6 Å². The van der Waals surface area contributed by atoms with Gasteiger partial charge >= 0.3 is 0 Å². The van der Waals surface area contributed by atoms with Crippen LogP contribution in [0.2, 0.25) is 5.15 Å². The minimum atomic E-state index is 0.453. The van der Waals surface area contributed by atoms with E-state index in [1.165, 1.54) is 38.8 Å². The van der Waals surface area contributed by atoms with Crippen LogP contribution < -0.4 is 0 Å². The van der Waals surface area contributed by atoms with Gasteiger partial charge in [-0.25, -0.2) is 4.98 Å². The van der Waals surface area contributed by atoms with Crippen LogP contribution in [0.25, 0.3) is 11.2 Å². The van der Waals surface area contributed by atoms with E-state index in [-0.39, 0.29) is 0 Å². The van der Waals surface area contributed by atoms with Gasteiger partial charge in [0.1, 0.15) is 5.52 Å². The molecule has 2 aliphatic heterocycles. The van der Waals surface area contributed by atoms with Gasteiger partial charge in [0.2, 0.25) is 0 Å². The lowest BCUT2D eigenvalue weighted by molar-refractivity contribution is 0.140. The third-order valence-corrected chi connectivity index (χ3v) is 5.18. The molecular weight excluding hydrogens is 274 g/mol.